The number of likely N-dealkylation sites (N-methyl/N-ethyl adjacent to an activating group) is 1. The van der Waals surface area contributed by atoms with Gasteiger partial charge in [-0.3, -0.25) is 4.79 Å². The molecule has 0 radical (unpaired) electrons. The van der Waals surface area contributed by atoms with Gasteiger partial charge in [0.05, 0.1) is 10.0 Å². The lowest BCUT2D eigenvalue weighted by Gasteiger charge is -2.18. The molecule has 1 aromatic carbocycles. The van der Waals surface area contributed by atoms with Crippen LogP contribution < -0.4 is 16.0 Å². The van der Waals surface area contributed by atoms with Gasteiger partial charge in [0, 0.05) is 19.3 Å². The van der Waals surface area contributed by atoms with Gasteiger partial charge in [-0.15, -0.1) is 0 Å². The van der Waals surface area contributed by atoms with Crippen LogP contribution in [0.15, 0.2) is 40.9 Å². The van der Waals surface area contributed by atoms with Gasteiger partial charge in [-0.2, -0.15) is 0 Å². The predicted molar refractivity (Wildman–Crippen MR) is 110 cm³/mol. The molecule has 0 aromatic heterocycles. The van der Waals surface area contributed by atoms with Crippen LogP contribution in [0.2, 0.25) is 10.0 Å². The van der Waals surface area contributed by atoms with Crippen LogP contribution in [0.1, 0.15) is 39.7 Å². The van der Waals surface area contributed by atoms with Crippen LogP contribution in [0, 0.1) is 5.41 Å². The van der Waals surface area contributed by atoms with Gasteiger partial charge in [-0.25, -0.2) is 0 Å². The van der Waals surface area contributed by atoms with Gasteiger partial charge in [0.1, 0.15) is 11.5 Å². The minimum atomic E-state index is -0.280. The van der Waals surface area contributed by atoms with Gasteiger partial charge in [-0.1, -0.05) is 36.2 Å². The molecule has 0 spiro atoms. The van der Waals surface area contributed by atoms with Crippen molar-refractivity contribution >= 4 is 35.3 Å². The minimum absolute atomic E-state index is 0.280. The molecule has 0 aliphatic carbocycles. The molecule has 0 aliphatic heterocycles. The number of nitrogens with one attached hydrogen (secondary N) is 4. The van der Waals surface area contributed by atoms with E-state index in [2.05, 4.69) is 16.0 Å². The number of carbonyl (C=O) groups excluding carboxylic acids is 1. The fourth-order valence-corrected chi connectivity index (χ4v) is 2.46. The molecule has 0 unspecified atom stereocenters. The predicted octanol–water partition coefficient (Wildman–Crippen LogP) is 4.37. The van der Waals surface area contributed by atoms with E-state index in [4.69, 9.17) is 28.6 Å². The van der Waals surface area contributed by atoms with Gasteiger partial charge in [0.2, 0.25) is 0 Å². The zero-order valence-electron chi connectivity index (χ0n) is 15.6. The van der Waals surface area contributed by atoms with Crippen molar-refractivity contribution in [2.75, 3.05) is 6.54 Å². The summed E-state index contributed by atoms with van der Waals surface area (Å²) in [6, 6.07) is 5.42. The molecule has 0 heterocycles. The second-order valence-corrected chi connectivity index (χ2v) is 6.61. The van der Waals surface area contributed by atoms with Crippen LogP contribution in [0.3, 0.4) is 0 Å². The summed E-state index contributed by atoms with van der Waals surface area (Å²) in [6.45, 7) is 8.69. The lowest BCUT2D eigenvalue weighted by Crippen LogP contribution is -2.37. The molecule has 142 valence electrons. The molecule has 0 fully saturated rings. The smallest absolute Gasteiger partial charge is 0.273 e. The Morgan fingerprint density at radius 2 is 1.85 bits per heavy atom. The Bertz CT molecular complexity index is 726. The molecule has 0 saturated carbocycles. The van der Waals surface area contributed by atoms with E-state index in [1.807, 2.05) is 26.8 Å². The summed E-state index contributed by atoms with van der Waals surface area (Å²) in [5, 5.41) is 17.6. The molecule has 1 amide bonds. The first kappa shape index (κ1) is 22.1. The van der Waals surface area contributed by atoms with E-state index < -0.39 is 0 Å². The maximum atomic E-state index is 12.6. The molecule has 5 nitrogen and oxygen atoms in total. The summed E-state index contributed by atoms with van der Waals surface area (Å²) in [7, 11) is 0. The fraction of sp³-hybridized carbons (Fsp3) is 0.368. The van der Waals surface area contributed by atoms with E-state index in [1.54, 1.807) is 19.1 Å². The molecule has 7 heteroatoms. The number of halogens is 2. The monoisotopic (exact) mass is 396 g/mol. The number of rotatable bonds is 9. The summed E-state index contributed by atoms with van der Waals surface area (Å²) in [5.74, 6) is 0.369. The van der Waals surface area contributed by atoms with Crippen LogP contribution in [0.5, 0.6) is 0 Å². The van der Waals surface area contributed by atoms with Crippen molar-refractivity contribution in [2.24, 2.45) is 0 Å². The molecule has 0 atom stereocenters. The Morgan fingerprint density at radius 1 is 1.15 bits per heavy atom. The molecular weight excluding hydrogens is 371 g/mol. The topological polar surface area (TPSA) is 77.0 Å². The van der Waals surface area contributed by atoms with Gasteiger partial charge >= 0.3 is 0 Å². The molecule has 4 N–H and O–H groups in total. The molecule has 0 bridgehead atoms. The molecule has 26 heavy (non-hydrogen) atoms. The quantitative estimate of drug-likeness (QED) is 0.369. The summed E-state index contributed by atoms with van der Waals surface area (Å²) < 4.78 is 0. The highest BCUT2D eigenvalue weighted by atomic mass is 35.5. The Balaban J connectivity index is 2.96. The van der Waals surface area contributed by atoms with Gasteiger partial charge < -0.3 is 21.4 Å². The zero-order valence-corrected chi connectivity index (χ0v) is 17.1. The third-order valence-corrected chi connectivity index (χ3v) is 4.58. The average Bonchev–Trinajstić information content (AvgIpc) is 2.64. The molecule has 0 saturated heterocycles. The third-order valence-electron chi connectivity index (χ3n) is 3.84. The number of allylic oxidation sites excluding steroid dienone is 2. The van der Waals surface area contributed by atoms with Gasteiger partial charge in [0.15, 0.2) is 0 Å². The van der Waals surface area contributed by atoms with Crippen LogP contribution in [-0.4, -0.2) is 18.7 Å². The average molecular weight is 397 g/mol. The number of hydrogen-bond donors (Lipinski definition) is 4. The van der Waals surface area contributed by atoms with Crippen molar-refractivity contribution in [3.05, 3.63) is 56.5 Å². The number of carbonyl (C=O) groups is 1. The van der Waals surface area contributed by atoms with Crippen LogP contribution >= 0.6 is 23.2 Å². The first-order valence-electron chi connectivity index (χ1n) is 8.48. The summed E-state index contributed by atoms with van der Waals surface area (Å²) >= 11 is 12.0. The second kappa shape index (κ2) is 10.9. The van der Waals surface area contributed by atoms with Crippen molar-refractivity contribution in [2.45, 2.75) is 40.7 Å². The standard InChI is InChI=1S/C19H26Cl2N4O/c1-5-12(3)18(24-11-14-7-8-15(20)16(21)9-14)25-19(26)17(23-6-2)13(4)10-22/h7-10,22-24H,5-6,11H2,1-4H3,(H,25,26)/b17-13-,18-12-,22-10?. The maximum absolute atomic E-state index is 12.6. The van der Waals surface area contributed by atoms with Crippen molar-refractivity contribution in [1.82, 2.24) is 16.0 Å². The Kier molecular flexibility index (Phi) is 9.24. The summed E-state index contributed by atoms with van der Waals surface area (Å²) in [6.07, 6.45) is 1.95. The number of hydrogen-bond acceptors (Lipinski definition) is 4. The second-order valence-electron chi connectivity index (χ2n) is 5.80. The molecule has 1 rings (SSSR count). The number of amides is 1. The van der Waals surface area contributed by atoms with E-state index in [9.17, 15) is 4.79 Å². The minimum Gasteiger partial charge on any atom is -0.381 e. The van der Waals surface area contributed by atoms with Gasteiger partial charge in [-0.05, 0) is 56.0 Å². The first-order chi connectivity index (χ1) is 12.3. The highest BCUT2D eigenvalue weighted by Gasteiger charge is 2.14. The van der Waals surface area contributed by atoms with E-state index in [-0.39, 0.29) is 5.91 Å². The van der Waals surface area contributed by atoms with Crippen LogP contribution in [0.4, 0.5) is 0 Å². The Morgan fingerprint density at radius 3 is 2.38 bits per heavy atom. The highest BCUT2D eigenvalue weighted by Crippen LogP contribution is 2.22. The zero-order chi connectivity index (χ0) is 19.7. The summed E-state index contributed by atoms with van der Waals surface area (Å²) in [4.78, 5) is 12.6. The lowest BCUT2D eigenvalue weighted by atomic mass is 10.2. The highest BCUT2D eigenvalue weighted by molar-refractivity contribution is 6.42. The van der Waals surface area contributed by atoms with Gasteiger partial charge in [0.25, 0.3) is 5.91 Å². The maximum Gasteiger partial charge on any atom is 0.273 e. The normalized spacial score (nSPS) is 12.7. The van der Waals surface area contributed by atoms with Crippen molar-refractivity contribution in [3.8, 4) is 0 Å². The van der Waals surface area contributed by atoms with Crippen molar-refractivity contribution < 1.29 is 4.79 Å². The van der Waals surface area contributed by atoms with Crippen LogP contribution in [0.25, 0.3) is 0 Å². The lowest BCUT2D eigenvalue weighted by molar-refractivity contribution is -0.117. The van der Waals surface area contributed by atoms with Crippen molar-refractivity contribution in [3.63, 3.8) is 0 Å². The summed E-state index contributed by atoms with van der Waals surface area (Å²) in [5.41, 5.74) is 2.93. The van der Waals surface area contributed by atoms with Crippen molar-refractivity contribution in [1.29, 1.82) is 5.41 Å². The van der Waals surface area contributed by atoms with E-state index in [1.165, 1.54) is 0 Å². The third kappa shape index (κ3) is 6.39. The van der Waals surface area contributed by atoms with E-state index in [0.717, 1.165) is 23.8 Å². The molecular formula is C19H26Cl2N4O. The first-order valence-corrected chi connectivity index (χ1v) is 9.23. The Labute approximate surface area is 165 Å². The van der Waals surface area contributed by atoms with Crippen LogP contribution in [-0.2, 0) is 11.3 Å². The number of benzene rings is 1. The van der Waals surface area contributed by atoms with E-state index in [0.29, 0.717) is 40.2 Å². The van der Waals surface area contributed by atoms with E-state index >= 15 is 0 Å². The SMILES string of the molecule is CCN/C(C(=O)N/C(NCc1ccc(Cl)c(Cl)c1)=C(/C)CC)=C(/C)C=N. The largest absolute Gasteiger partial charge is 0.381 e. The Hall–Kier alpha value is -1.98. The molecule has 1 aromatic rings. The molecule has 0 aliphatic rings. The fourth-order valence-electron chi connectivity index (χ4n) is 2.14.